The van der Waals surface area contributed by atoms with Crippen molar-refractivity contribution in [3.05, 3.63) is 40.7 Å². The molecule has 1 heterocycles. The number of nitrogens with zero attached hydrogens (tertiary/aromatic N) is 1. The quantitative estimate of drug-likeness (QED) is 0.861. The van der Waals surface area contributed by atoms with Crippen LogP contribution in [0.5, 0.6) is 5.75 Å². The van der Waals surface area contributed by atoms with Crippen LogP contribution < -0.4 is 5.32 Å². The molecule has 0 aliphatic rings. The van der Waals surface area contributed by atoms with E-state index in [0.29, 0.717) is 11.4 Å². The Balaban J connectivity index is 2.15. The number of halogens is 1. The number of amides is 1. The van der Waals surface area contributed by atoms with Crippen molar-refractivity contribution in [1.82, 2.24) is 5.16 Å². The molecule has 5 nitrogen and oxygen atoms in total. The summed E-state index contributed by atoms with van der Waals surface area (Å²) in [5.41, 5.74) is 0.606. The van der Waals surface area contributed by atoms with E-state index in [4.69, 9.17) is 16.1 Å². The normalized spacial score (nSPS) is 10.2. The van der Waals surface area contributed by atoms with E-state index in [0.717, 1.165) is 0 Å². The van der Waals surface area contributed by atoms with Gasteiger partial charge in [0, 0.05) is 17.8 Å². The maximum atomic E-state index is 11.7. The van der Waals surface area contributed by atoms with E-state index in [1.54, 1.807) is 13.0 Å². The second-order valence-corrected chi connectivity index (χ2v) is 3.85. The van der Waals surface area contributed by atoms with Crippen molar-refractivity contribution >= 4 is 23.2 Å². The highest BCUT2D eigenvalue weighted by molar-refractivity contribution is 6.32. The standard InChI is InChI=1S/C11H9ClN2O3/c1-6-4-9(14-17-6)11(16)13-7-2-3-8(12)10(15)5-7/h2-5,15H,1H3,(H,13,16). The molecule has 2 rings (SSSR count). The van der Waals surface area contributed by atoms with Gasteiger partial charge in [-0.3, -0.25) is 4.79 Å². The van der Waals surface area contributed by atoms with Crippen LogP contribution in [0.4, 0.5) is 5.69 Å². The number of aromatic nitrogens is 1. The first-order chi connectivity index (χ1) is 8.06. The first-order valence-corrected chi connectivity index (χ1v) is 5.17. The number of nitrogens with one attached hydrogen (secondary N) is 1. The van der Waals surface area contributed by atoms with Crippen LogP contribution in [0.15, 0.2) is 28.8 Å². The number of phenols is 1. The number of carbonyl (C=O) groups excluding carboxylic acids is 1. The van der Waals surface area contributed by atoms with Crippen LogP contribution >= 0.6 is 11.6 Å². The summed E-state index contributed by atoms with van der Waals surface area (Å²) in [7, 11) is 0. The highest BCUT2D eigenvalue weighted by Crippen LogP contribution is 2.26. The Morgan fingerprint density at radius 2 is 2.24 bits per heavy atom. The second-order valence-electron chi connectivity index (χ2n) is 3.44. The first kappa shape index (κ1) is 11.5. The molecule has 1 aromatic carbocycles. The number of carbonyl (C=O) groups is 1. The zero-order valence-corrected chi connectivity index (χ0v) is 9.65. The molecule has 2 N–H and O–H groups in total. The summed E-state index contributed by atoms with van der Waals surface area (Å²) in [6.07, 6.45) is 0. The van der Waals surface area contributed by atoms with Gasteiger partial charge in [0.15, 0.2) is 5.69 Å². The molecule has 88 valence electrons. The smallest absolute Gasteiger partial charge is 0.277 e. The Labute approximate surface area is 102 Å². The highest BCUT2D eigenvalue weighted by atomic mass is 35.5. The summed E-state index contributed by atoms with van der Waals surface area (Å²) < 4.78 is 4.78. The van der Waals surface area contributed by atoms with Gasteiger partial charge in [-0.05, 0) is 19.1 Å². The van der Waals surface area contributed by atoms with Gasteiger partial charge in [-0.25, -0.2) is 0 Å². The Morgan fingerprint density at radius 3 is 2.82 bits per heavy atom. The lowest BCUT2D eigenvalue weighted by atomic mass is 10.3. The predicted molar refractivity (Wildman–Crippen MR) is 62.3 cm³/mol. The van der Waals surface area contributed by atoms with Crippen LogP contribution in [0.25, 0.3) is 0 Å². The fraction of sp³-hybridized carbons (Fsp3) is 0.0909. The van der Waals surface area contributed by atoms with Gasteiger partial charge in [-0.1, -0.05) is 16.8 Å². The minimum absolute atomic E-state index is 0.0965. The average Bonchev–Trinajstić information content (AvgIpc) is 2.70. The summed E-state index contributed by atoms with van der Waals surface area (Å²) in [5, 5.41) is 15.7. The molecular formula is C11H9ClN2O3. The van der Waals surface area contributed by atoms with Gasteiger partial charge in [0.2, 0.25) is 0 Å². The van der Waals surface area contributed by atoms with Crippen molar-refractivity contribution in [2.24, 2.45) is 0 Å². The van der Waals surface area contributed by atoms with Crippen LogP contribution in [0.2, 0.25) is 5.02 Å². The monoisotopic (exact) mass is 252 g/mol. The third-order valence-corrected chi connectivity index (χ3v) is 2.38. The molecule has 0 bridgehead atoms. The van der Waals surface area contributed by atoms with Crippen molar-refractivity contribution in [2.75, 3.05) is 5.32 Å². The van der Waals surface area contributed by atoms with Crippen molar-refractivity contribution in [1.29, 1.82) is 0 Å². The SMILES string of the molecule is Cc1cc(C(=O)Nc2ccc(Cl)c(O)c2)no1. The summed E-state index contributed by atoms with van der Waals surface area (Å²) >= 11 is 5.65. The van der Waals surface area contributed by atoms with Crippen LogP contribution in [-0.4, -0.2) is 16.2 Å². The molecule has 1 aromatic heterocycles. The summed E-state index contributed by atoms with van der Waals surface area (Å²) in [6.45, 7) is 1.69. The van der Waals surface area contributed by atoms with E-state index in [2.05, 4.69) is 10.5 Å². The Morgan fingerprint density at radius 1 is 1.47 bits per heavy atom. The number of hydrogen-bond acceptors (Lipinski definition) is 4. The van der Waals surface area contributed by atoms with Gasteiger partial charge in [-0.2, -0.15) is 0 Å². The Hall–Kier alpha value is -2.01. The number of anilines is 1. The summed E-state index contributed by atoms with van der Waals surface area (Å²) in [6, 6.07) is 5.94. The lowest BCUT2D eigenvalue weighted by Crippen LogP contribution is -2.11. The number of hydrogen-bond donors (Lipinski definition) is 2. The molecule has 6 heteroatoms. The average molecular weight is 253 g/mol. The largest absolute Gasteiger partial charge is 0.506 e. The number of aromatic hydroxyl groups is 1. The van der Waals surface area contributed by atoms with E-state index in [-0.39, 0.29) is 16.5 Å². The van der Waals surface area contributed by atoms with Gasteiger partial charge in [0.25, 0.3) is 5.91 Å². The van der Waals surface area contributed by atoms with E-state index in [9.17, 15) is 9.90 Å². The molecule has 0 spiro atoms. The third-order valence-electron chi connectivity index (χ3n) is 2.06. The number of aryl methyl sites for hydroxylation is 1. The minimum Gasteiger partial charge on any atom is -0.506 e. The highest BCUT2D eigenvalue weighted by Gasteiger charge is 2.11. The fourth-order valence-electron chi connectivity index (χ4n) is 1.26. The van der Waals surface area contributed by atoms with E-state index < -0.39 is 5.91 Å². The molecule has 0 saturated carbocycles. The zero-order valence-electron chi connectivity index (χ0n) is 8.90. The zero-order chi connectivity index (χ0) is 12.4. The Kier molecular flexibility index (Phi) is 3.01. The first-order valence-electron chi connectivity index (χ1n) is 4.79. The molecule has 0 saturated heterocycles. The number of rotatable bonds is 2. The van der Waals surface area contributed by atoms with E-state index in [1.165, 1.54) is 18.2 Å². The molecule has 0 fully saturated rings. The van der Waals surface area contributed by atoms with E-state index >= 15 is 0 Å². The van der Waals surface area contributed by atoms with Crippen LogP contribution in [0, 0.1) is 6.92 Å². The molecule has 0 aliphatic carbocycles. The second kappa shape index (κ2) is 4.47. The van der Waals surface area contributed by atoms with Crippen LogP contribution in [0.3, 0.4) is 0 Å². The van der Waals surface area contributed by atoms with Crippen molar-refractivity contribution in [3.63, 3.8) is 0 Å². The fourth-order valence-corrected chi connectivity index (χ4v) is 1.38. The molecule has 1 amide bonds. The van der Waals surface area contributed by atoms with Gasteiger partial charge < -0.3 is 14.9 Å². The van der Waals surface area contributed by atoms with Gasteiger partial charge in [0.1, 0.15) is 11.5 Å². The maximum absolute atomic E-state index is 11.7. The lowest BCUT2D eigenvalue weighted by molar-refractivity contribution is 0.101. The molecule has 0 unspecified atom stereocenters. The van der Waals surface area contributed by atoms with Crippen LogP contribution in [-0.2, 0) is 0 Å². The molecule has 0 aliphatic heterocycles. The number of phenolic OH excluding ortho intramolecular Hbond substituents is 1. The summed E-state index contributed by atoms with van der Waals surface area (Å²) in [5.74, 6) is 0.0403. The maximum Gasteiger partial charge on any atom is 0.277 e. The van der Waals surface area contributed by atoms with Gasteiger partial charge in [-0.15, -0.1) is 0 Å². The topological polar surface area (TPSA) is 75.4 Å². The molecule has 17 heavy (non-hydrogen) atoms. The van der Waals surface area contributed by atoms with Crippen LogP contribution in [0.1, 0.15) is 16.2 Å². The van der Waals surface area contributed by atoms with Gasteiger partial charge in [0.05, 0.1) is 5.02 Å². The van der Waals surface area contributed by atoms with Crippen molar-refractivity contribution in [2.45, 2.75) is 6.92 Å². The minimum atomic E-state index is -0.413. The third kappa shape index (κ3) is 2.57. The molecule has 2 aromatic rings. The summed E-state index contributed by atoms with van der Waals surface area (Å²) in [4.78, 5) is 11.7. The van der Waals surface area contributed by atoms with Crippen molar-refractivity contribution < 1.29 is 14.4 Å². The van der Waals surface area contributed by atoms with Gasteiger partial charge >= 0.3 is 0 Å². The molecule has 0 radical (unpaired) electrons. The lowest BCUT2D eigenvalue weighted by Gasteiger charge is -2.03. The predicted octanol–water partition coefficient (Wildman–Crippen LogP) is 2.59. The Bertz CT molecular complexity index is 566. The molecule has 0 atom stereocenters. The van der Waals surface area contributed by atoms with E-state index in [1.807, 2.05) is 0 Å². The molecular weight excluding hydrogens is 244 g/mol. The number of benzene rings is 1. The van der Waals surface area contributed by atoms with Crippen molar-refractivity contribution in [3.8, 4) is 5.75 Å².